The lowest BCUT2D eigenvalue weighted by molar-refractivity contribution is -0.318. The standard InChI is InChI=1S/C28H34O15.ClH/c1-10-21(32)23(34)25(36)27(40-10)39-9-19-22(33)24(35)26(37)28(43-19)41-12-6-14(30)20-15(31)8-17(42-18(20)7-12)11-3-4-16(38-2)13(29)5-11;/h3-7,10,17,19,21-30,32-37H,8-9H2,1-2H3;1H/t10-,17-,19+,21-,22+,23+,24-,25+,26+,27+,28+;/m0./s1. The van der Waals surface area contributed by atoms with Gasteiger partial charge in [0.2, 0.25) is 6.29 Å². The number of Topliss-reactive ketones (excluding diaryl/α,β-unsaturated/α-hetero) is 1. The Bertz CT molecular complexity index is 1330. The Morgan fingerprint density at radius 3 is 2.20 bits per heavy atom. The van der Waals surface area contributed by atoms with Crippen molar-refractivity contribution in [2.45, 2.75) is 80.9 Å². The first kappa shape index (κ1) is 33.9. The summed E-state index contributed by atoms with van der Waals surface area (Å²) in [5, 5.41) is 82.2. The third-order valence-corrected chi connectivity index (χ3v) is 7.70. The molecule has 0 saturated carbocycles. The molecule has 2 fully saturated rings. The number of fused-ring (bicyclic) bond motifs is 1. The first-order valence-corrected chi connectivity index (χ1v) is 13.5. The number of rotatable bonds is 7. The van der Waals surface area contributed by atoms with Crippen molar-refractivity contribution in [1.82, 2.24) is 0 Å². The molecule has 0 bridgehead atoms. The summed E-state index contributed by atoms with van der Waals surface area (Å²) < 4.78 is 33.1. The lowest BCUT2D eigenvalue weighted by atomic mass is 9.95. The van der Waals surface area contributed by atoms with Crippen LogP contribution in [0.5, 0.6) is 28.7 Å². The van der Waals surface area contributed by atoms with E-state index in [2.05, 4.69) is 0 Å². The third-order valence-electron chi connectivity index (χ3n) is 7.70. The van der Waals surface area contributed by atoms with Gasteiger partial charge in [-0.2, -0.15) is 0 Å². The molecular weight excluding hydrogens is 612 g/mol. The van der Waals surface area contributed by atoms with E-state index in [-0.39, 0.29) is 47.4 Å². The summed E-state index contributed by atoms with van der Waals surface area (Å²) in [4.78, 5) is 12.9. The van der Waals surface area contributed by atoms with Gasteiger partial charge >= 0.3 is 0 Å². The van der Waals surface area contributed by atoms with Crippen LogP contribution in [0.15, 0.2) is 30.3 Å². The van der Waals surface area contributed by atoms with Crippen molar-refractivity contribution in [3.63, 3.8) is 0 Å². The summed E-state index contributed by atoms with van der Waals surface area (Å²) in [6, 6.07) is 6.90. The van der Waals surface area contributed by atoms with E-state index in [1.807, 2.05) is 0 Å². The summed E-state index contributed by atoms with van der Waals surface area (Å²) in [6.07, 6.45) is -15.9. The van der Waals surface area contributed by atoms with Crippen LogP contribution in [0, 0.1) is 0 Å². The maximum Gasteiger partial charge on any atom is 0.229 e. The van der Waals surface area contributed by atoms with E-state index in [0.717, 1.165) is 6.07 Å². The minimum atomic E-state index is -1.77. The first-order chi connectivity index (χ1) is 20.4. The number of carbonyl (C=O) groups excluding carboxylic acids is 1. The molecule has 0 unspecified atom stereocenters. The Hall–Kier alpha value is -2.96. The molecule has 2 saturated heterocycles. The second-order valence-corrected chi connectivity index (χ2v) is 10.6. The molecular formula is C28H35ClO15. The molecule has 16 heteroatoms. The smallest absolute Gasteiger partial charge is 0.229 e. The minimum Gasteiger partial charge on any atom is -0.507 e. The molecule has 8 N–H and O–H groups in total. The maximum atomic E-state index is 12.9. The normalized spacial score (nSPS) is 35.2. The van der Waals surface area contributed by atoms with Gasteiger partial charge in [-0.05, 0) is 24.6 Å². The highest BCUT2D eigenvalue weighted by molar-refractivity contribution is 6.02. The van der Waals surface area contributed by atoms with E-state index >= 15 is 0 Å². The zero-order valence-corrected chi connectivity index (χ0v) is 24.3. The van der Waals surface area contributed by atoms with Gasteiger partial charge in [0, 0.05) is 12.1 Å². The second kappa shape index (κ2) is 13.6. The number of phenols is 2. The lowest BCUT2D eigenvalue weighted by Crippen LogP contribution is -2.61. The van der Waals surface area contributed by atoms with Gasteiger partial charge in [-0.3, -0.25) is 4.79 Å². The van der Waals surface area contributed by atoms with Crippen LogP contribution in [0.2, 0.25) is 0 Å². The number of aromatic hydroxyl groups is 2. The zero-order chi connectivity index (χ0) is 31.2. The molecule has 2 aromatic rings. The van der Waals surface area contributed by atoms with E-state index < -0.39 is 85.7 Å². The van der Waals surface area contributed by atoms with Crippen LogP contribution >= 0.6 is 12.4 Å². The third kappa shape index (κ3) is 6.53. The number of carbonyl (C=O) groups is 1. The first-order valence-electron chi connectivity index (χ1n) is 13.5. The van der Waals surface area contributed by atoms with Crippen molar-refractivity contribution in [1.29, 1.82) is 0 Å². The summed E-state index contributed by atoms with van der Waals surface area (Å²) >= 11 is 0. The molecule has 5 rings (SSSR count). The summed E-state index contributed by atoms with van der Waals surface area (Å²) in [5.74, 6) is -0.999. The molecule has 244 valence electrons. The topological polar surface area (TPSA) is 234 Å². The Labute approximate surface area is 257 Å². The predicted molar refractivity (Wildman–Crippen MR) is 148 cm³/mol. The van der Waals surface area contributed by atoms with E-state index in [9.17, 15) is 45.6 Å². The van der Waals surface area contributed by atoms with Gasteiger partial charge in [0.25, 0.3) is 0 Å². The Kier molecular flexibility index (Phi) is 10.5. The van der Waals surface area contributed by atoms with Gasteiger partial charge in [-0.15, -0.1) is 12.4 Å². The number of ether oxygens (including phenoxy) is 6. The van der Waals surface area contributed by atoms with Crippen molar-refractivity contribution >= 4 is 18.2 Å². The highest BCUT2D eigenvalue weighted by Crippen LogP contribution is 2.43. The number of aliphatic hydroxyl groups is 6. The van der Waals surface area contributed by atoms with Crippen LogP contribution in [-0.4, -0.2) is 122 Å². The van der Waals surface area contributed by atoms with Crippen LogP contribution in [0.25, 0.3) is 0 Å². The Morgan fingerprint density at radius 1 is 0.841 bits per heavy atom. The van der Waals surface area contributed by atoms with Crippen LogP contribution in [-0.2, 0) is 14.2 Å². The summed E-state index contributed by atoms with van der Waals surface area (Å²) in [7, 11) is 1.39. The maximum absolute atomic E-state index is 12.9. The average Bonchev–Trinajstić information content (AvgIpc) is 2.97. The molecule has 3 heterocycles. The number of hydrogen-bond acceptors (Lipinski definition) is 15. The van der Waals surface area contributed by atoms with Crippen molar-refractivity contribution < 1.29 is 74.1 Å². The lowest BCUT2D eigenvalue weighted by Gasteiger charge is -2.42. The highest BCUT2D eigenvalue weighted by atomic mass is 35.5. The fraction of sp³-hybridized carbons (Fsp3) is 0.536. The molecule has 0 aromatic heterocycles. The second-order valence-electron chi connectivity index (χ2n) is 10.6. The Balaban J connectivity index is 0.00000442. The van der Waals surface area contributed by atoms with Gasteiger partial charge in [0.15, 0.2) is 23.6 Å². The number of hydrogen-bond donors (Lipinski definition) is 8. The van der Waals surface area contributed by atoms with Crippen LogP contribution in [0.1, 0.15) is 35.4 Å². The molecule has 44 heavy (non-hydrogen) atoms. The van der Waals surface area contributed by atoms with Crippen molar-refractivity contribution in [3.8, 4) is 28.7 Å². The fourth-order valence-corrected chi connectivity index (χ4v) is 5.20. The molecule has 0 spiro atoms. The highest BCUT2D eigenvalue weighted by Gasteiger charge is 2.47. The largest absolute Gasteiger partial charge is 0.507 e. The summed E-state index contributed by atoms with van der Waals surface area (Å²) in [6.45, 7) is 0.964. The molecule has 15 nitrogen and oxygen atoms in total. The SMILES string of the molecule is COc1ccc([C@@H]2CC(=O)c3c(O)cc(O[C@@H]4O[C@H](CO[C@@H]5O[C@@H](C)[C@H](O)[C@@H](O)[C@H]5O)[C@@H](O)[C@H](O)[C@H]4O)cc3O2)cc1O.Cl. The van der Waals surface area contributed by atoms with Gasteiger partial charge in [-0.1, -0.05) is 6.07 Å². The number of benzene rings is 2. The van der Waals surface area contributed by atoms with Crippen molar-refractivity contribution in [2.75, 3.05) is 13.7 Å². The molecule has 0 aliphatic carbocycles. The number of ketones is 1. The van der Waals surface area contributed by atoms with Crippen molar-refractivity contribution in [2.24, 2.45) is 0 Å². The number of phenolic OH excluding ortho intramolecular Hbond substituents is 2. The summed E-state index contributed by atoms with van der Waals surface area (Å²) in [5.41, 5.74) is 0.373. The number of methoxy groups -OCH3 is 1. The molecule has 2 aromatic carbocycles. The quantitative estimate of drug-likeness (QED) is 0.185. The fourth-order valence-electron chi connectivity index (χ4n) is 5.20. The molecule has 0 radical (unpaired) electrons. The van der Waals surface area contributed by atoms with E-state index in [1.54, 1.807) is 6.07 Å². The molecule has 3 aliphatic heterocycles. The molecule has 11 atom stereocenters. The van der Waals surface area contributed by atoms with E-state index in [1.165, 1.54) is 32.2 Å². The van der Waals surface area contributed by atoms with Crippen molar-refractivity contribution in [3.05, 3.63) is 41.5 Å². The minimum absolute atomic E-state index is 0. The van der Waals surface area contributed by atoms with E-state index in [4.69, 9.17) is 28.4 Å². The van der Waals surface area contributed by atoms with Gasteiger partial charge in [0.1, 0.15) is 71.6 Å². The predicted octanol–water partition coefficient (Wildman–Crippen LogP) is -0.735. The molecule has 3 aliphatic rings. The number of halogens is 1. The van der Waals surface area contributed by atoms with Crippen LogP contribution in [0.3, 0.4) is 0 Å². The number of aliphatic hydroxyl groups excluding tert-OH is 6. The van der Waals surface area contributed by atoms with Gasteiger partial charge in [-0.25, -0.2) is 0 Å². The van der Waals surface area contributed by atoms with Crippen LogP contribution < -0.4 is 14.2 Å². The van der Waals surface area contributed by atoms with Gasteiger partial charge in [0.05, 0.1) is 26.2 Å². The molecule has 0 amide bonds. The zero-order valence-electron chi connectivity index (χ0n) is 23.5. The van der Waals surface area contributed by atoms with E-state index in [0.29, 0.717) is 5.56 Å². The van der Waals surface area contributed by atoms with Gasteiger partial charge < -0.3 is 69.3 Å². The Morgan fingerprint density at radius 2 is 1.52 bits per heavy atom. The average molecular weight is 647 g/mol. The van der Waals surface area contributed by atoms with Crippen LogP contribution in [0.4, 0.5) is 0 Å². The monoisotopic (exact) mass is 646 g/mol.